The lowest BCUT2D eigenvalue weighted by Crippen LogP contribution is -2.41. The second kappa shape index (κ2) is 8.51. The van der Waals surface area contributed by atoms with E-state index in [2.05, 4.69) is 4.98 Å². The third-order valence-corrected chi connectivity index (χ3v) is 5.09. The number of esters is 1. The van der Waals surface area contributed by atoms with E-state index in [9.17, 15) is 9.59 Å². The molecule has 1 aliphatic rings. The zero-order valence-corrected chi connectivity index (χ0v) is 15.9. The largest absolute Gasteiger partial charge is 0.490 e. The van der Waals surface area contributed by atoms with Crippen LogP contribution < -0.4 is 4.74 Å². The maximum Gasteiger partial charge on any atom is 0.367 e. The fourth-order valence-corrected chi connectivity index (χ4v) is 3.51. The zero-order chi connectivity index (χ0) is 18.5. The summed E-state index contributed by atoms with van der Waals surface area (Å²) in [6.07, 6.45) is 1.54. The Kier molecular flexibility index (Phi) is 6.11. The zero-order valence-electron chi connectivity index (χ0n) is 14.3. The molecular weight excluding hydrogens is 376 g/mol. The molecule has 0 spiro atoms. The summed E-state index contributed by atoms with van der Waals surface area (Å²) in [7, 11) is 0. The molecule has 2 aromatic rings. The van der Waals surface area contributed by atoms with Crippen LogP contribution in [0.5, 0.6) is 5.75 Å². The van der Waals surface area contributed by atoms with Crippen LogP contribution in [-0.2, 0) is 4.74 Å². The number of halogens is 1. The molecule has 1 amide bonds. The van der Waals surface area contributed by atoms with Crippen molar-refractivity contribution in [3.8, 4) is 5.75 Å². The molecule has 6 nitrogen and oxygen atoms in total. The maximum absolute atomic E-state index is 12.6. The highest BCUT2D eigenvalue weighted by atomic mass is 35.5. The van der Waals surface area contributed by atoms with Gasteiger partial charge in [-0.2, -0.15) is 0 Å². The molecule has 0 aliphatic carbocycles. The van der Waals surface area contributed by atoms with E-state index in [1.54, 1.807) is 29.3 Å². The van der Waals surface area contributed by atoms with Gasteiger partial charge in [0.2, 0.25) is 5.01 Å². The normalized spacial score (nSPS) is 14.9. The number of hydrogen-bond donors (Lipinski definition) is 0. The molecule has 1 aliphatic heterocycles. The predicted octanol–water partition coefficient (Wildman–Crippen LogP) is 3.66. The van der Waals surface area contributed by atoms with Crippen molar-refractivity contribution in [2.75, 3.05) is 19.7 Å². The summed E-state index contributed by atoms with van der Waals surface area (Å²) in [5, 5.41) is 2.48. The quantitative estimate of drug-likeness (QED) is 0.724. The Morgan fingerprint density at radius 3 is 2.62 bits per heavy atom. The highest BCUT2D eigenvalue weighted by Gasteiger charge is 2.26. The number of carbonyl (C=O) groups is 2. The van der Waals surface area contributed by atoms with E-state index in [-0.39, 0.29) is 29.3 Å². The van der Waals surface area contributed by atoms with Gasteiger partial charge in [0, 0.05) is 36.3 Å². The van der Waals surface area contributed by atoms with E-state index in [0.29, 0.717) is 18.1 Å². The first-order valence-electron chi connectivity index (χ1n) is 8.41. The number of nitrogens with zero attached hydrogens (tertiary/aromatic N) is 2. The summed E-state index contributed by atoms with van der Waals surface area (Å²) < 4.78 is 10.8. The number of benzene rings is 1. The van der Waals surface area contributed by atoms with E-state index < -0.39 is 5.97 Å². The van der Waals surface area contributed by atoms with Crippen molar-refractivity contribution in [2.24, 2.45) is 0 Å². The third kappa shape index (κ3) is 4.53. The van der Waals surface area contributed by atoms with Crippen molar-refractivity contribution in [2.45, 2.75) is 25.9 Å². The Bertz CT molecular complexity index is 770. The molecule has 3 rings (SSSR count). The SMILES string of the molecule is CCOC(=O)c1nc(C(=O)N2CCC(Oc3ccc(Cl)cc3)CC2)cs1. The number of likely N-dealkylation sites (tertiary alicyclic amines) is 1. The molecule has 26 heavy (non-hydrogen) atoms. The van der Waals surface area contributed by atoms with Crippen LogP contribution in [0, 0.1) is 0 Å². The van der Waals surface area contributed by atoms with Crippen molar-refractivity contribution >= 4 is 34.8 Å². The van der Waals surface area contributed by atoms with Crippen molar-refractivity contribution in [3.05, 3.63) is 45.4 Å². The number of thiazole rings is 1. The van der Waals surface area contributed by atoms with E-state index >= 15 is 0 Å². The molecular formula is C18H19ClN2O4S. The monoisotopic (exact) mass is 394 g/mol. The Balaban J connectivity index is 1.53. The first kappa shape index (κ1) is 18.7. The van der Waals surface area contributed by atoms with Crippen LogP contribution >= 0.6 is 22.9 Å². The molecule has 2 heterocycles. The summed E-state index contributed by atoms with van der Waals surface area (Å²) in [6.45, 7) is 3.18. The molecule has 0 radical (unpaired) electrons. The molecule has 0 saturated carbocycles. The van der Waals surface area contributed by atoms with Crippen molar-refractivity contribution < 1.29 is 19.1 Å². The van der Waals surface area contributed by atoms with Gasteiger partial charge in [-0.1, -0.05) is 11.6 Å². The standard InChI is InChI=1S/C18H19ClN2O4S/c1-2-24-18(23)16-20-15(11-26-16)17(22)21-9-7-14(8-10-21)25-13-5-3-12(19)4-6-13/h3-6,11,14H,2,7-10H2,1H3. The van der Waals surface area contributed by atoms with E-state index in [1.807, 2.05) is 12.1 Å². The number of rotatable bonds is 5. The van der Waals surface area contributed by atoms with Gasteiger partial charge in [0.15, 0.2) is 0 Å². The predicted molar refractivity (Wildman–Crippen MR) is 99.1 cm³/mol. The Labute approximate surface area is 160 Å². The molecule has 1 aromatic heterocycles. The summed E-state index contributed by atoms with van der Waals surface area (Å²) in [6, 6.07) is 7.26. The maximum atomic E-state index is 12.6. The molecule has 0 bridgehead atoms. The lowest BCUT2D eigenvalue weighted by Gasteiger charge is -2.31. The summed E-state index contributed by atoms with van der Waals surface area (Å²) in [5.74, 6) is 0.117. The van der Waals surface area contributed by atoms with E-state index in [1.165, 1.54) is 0 Å². The van der Waals surface area contributed by atoms with Gasteiger partial charge in [-0.3, -0.25) is 4.79 Å². The summed E-state index contributed by atoms with van der Waals surface area (Å²) in [5.41, 5.74) is 0.287. The molecule has 0 N–H and O–H groups in total. The summed E-state index contributed by atoms with van der Waals surface area (Å²) in [4.78, 5) is 30.1. The smallest absolute Gasteiger partial charge is 0.367 e. The molecule has 1 saturated heterocycles. The highest BCUT2D eigenvalue weighted by molar-refractivity contribution is 7.11. The van der Waals surface area contributed by atoms with Gasteiger partial charge in [-0.05, 0) is 31.2 Å². The summed E-state index contributed by atoms with van der Waals surface area (Å²) >= 11 is 7.00. The van der Waals surface area contributed by atoms with Crippen LogP contribution in [0.25, 0.3) is 0 Å². The van der Waals surface area contributed by atoms with Crippen LogP contribution in [0.2, 0.25) is 5.02 Å². The fourth-order valence-electron chi connectivity index (χ4n) is 2.70. The Morgan fingerprint density at radius 2 is 1.96 bits per heavy atom. The first-order valence-corrected chi connectivity index (χ1v) is 9.66. The van der Waals surface area contributed by atoms with Crippen LogP contribution in [0.1, 0.15) is 40.1 Å². The molecule has 1 fully saturated rings. The average molecular weight is 395 g/mol. The molecule has 0 atom stereocenters. The molecule has 8 heteroatoms. The minimum atomic E-state index is -0.494. The minimum absolute atomic E-state index is 0.0609. The van der Waals surface area contributed by atoms with Crippen LogP contribution in [-0.4, -0.2) is 47.6 Å². The van der Waals surface area contributed by atoms with E-state index in [4.69, 9.17) is 21.1 Å². The Hall–Kier alpha value is -2.12. The molecule has 138 valence electrons. The number of hydrogen-bond acceptors (Lipinski definition) is 6. The second-order valence-corrected chi connectivity index (χ2v) is 7.12. The van der Waals surface area contributed by atoms with Crippen LogP contribution in [0.4, 0.5) is 0 Å². The van der Waals surface area contributed by atoms with E-state index in [0.717, 1.165) is 29.9 Å². The van der Waals surface area contributed by atoms with Crippen LogP contribution in [0.3, 0.4) is 0 Å². The molecule has 0 unspecified atom stereocenters. The van der Waals surface area contributed by atoms with Gasteiger partial charge in [0.25, 0.3) is 5.91 Å². The van der Waals surface area contributed by atoms with Gasteiger partial charge < -0.3 is 14.4 Å². The van der Waals surface area contributed by atoms with Gasteiger partial charge in [0.05, 0.1) is 6.61 Å². The van der Waals surface area contributed by atoms with Gasteiger partial charge in [0.1, 0.15) is 17.5 Å². The van der Waals surface area contributed by atoms with Gasteiger partial charge in [-0.15, -0.1) is 11.3 Å². The first-order chi connectivity index (χ1) is 12.6. The van der Waals surface area contributed by atoms with Crippen molar-refractivity contribution in [3.63, 3.8) is 0 Å². The minimum Gasteiger partial charge on any atom is -0.490 e. The third-order valence-electron chi connectivity index (χ3n) is 4.02. The van der Waals surface area contributed by atoms with Crippen molar-refractivity contribution in [1.29, 1.82) is 0 Å². The number of ether oxygens (including phenoxy) is 2. The van der Waals surface area contributed by atoms with Gasteiger partial charge in [-0.25, -0.2) is 9.78 Å². The van der Waals surface area contributed by atoms with Gasteiger partial charge >= 0.3 is 5.97 Å². The number of amides is 1. The number of carbonyl (C=O) groups excluding carboxylic acids is 2. The fraction of sp³-hybridized carbons (Fsp3) is 0.389. The van der Waals surface area contributed by atoms with Crippen molar-refractivity contribution in [1.82, 2.24) is 9.88 Å². The average Bonchev–Trinajstić information content (AvgIpc) is 3.14. The highest BCUT2D eigenvalue weighted by Crippen LogP contribution is 2.22. The number of aromatic nitrogens is 1. The second-order valence-electron chi connectivity index (χ2n) is 5.82. The lowest BCUT2D eigenvalue weighted by atomic mass is 10.1. The Morgan fingerprint density at radius 1 is 1.27 bits per heavy atom. The van der Waals surface area contributed by atoms with Crippen LogP contribution in [0.15, 0.2) is 29.6 Å². The molecule has 1 aromatic carbocycles. The lowest BCUT2D eigenvalue weighted by molar-refractivity contribution is 0.0525. The number of piperidine rings is 1. The topological polar surface area (TPSA) is 68.7 Å².